The molecule has 4 aliphatic rings. The van der Waals surface area contributed by atoms with Gasteiger partial charge in [-0.15, -0.1) is 0 Å². The minimum atomic E-state index is -0.844. The summed E-state index contributed by atoms with van der Waals surface area (Å²) in [6.07, 6.45) is 2.26. The highest BCUT2D eigenvalue weighted by Crippen LogP contribution is 2.53. The second-order valence-corrected chi connectivity index (χ2v) is 8.16. The number of hydrogen-bond donors (Lipinski definition) is 0. The molecule has 5 rings (SSSR count). The van der Waals surface area contributed by atoms with Gasteiger partial charge in [0.15, 0.2) is 11.5 Å². The van der Waals surface area contributed by atoms with Crippen LogP contribution in [0.4, 0.5) is 0 Å². The van der Waals surface area contributed by atoms with E-state index in [1.807, 2.05) is 19.1 Å². The number of carbonyl (C=O) groups excluding carboxylic acids is 2. The Labute approximate surface area is 157 Å². The summed E-state index contributed by atoms with van der Waals surface area (Å²) in [7, 11) is 0. The average Bonchev–Trinajstić information content (AvgIpc) is 3.28. The lowest BCUT2D eigenvalue weighted by Crippen LogP contribution is -2.62. The molecule has 27 heavy (non-hydrogen) atoms. The quantitative estimate of drug-likeness (QED) is 0.798. The Hall–Kier alpha value is -2.75. The van der Waals surface area contributed by atoms with Gasteiger partial charge in [0.25, 0.3) is 0 Å². The van der Waals surface area contributed by atoms with Gasteiger partial charge >= 0.3 is 0 Å². The highest BCUT2D eigenvalue weighted by molar-refractivity contribution is 5.98. The van der Waals surface area contributed by atoms with Crippen LogP contribution in [-0.2, 0) is 9.59 Å². The van der Waals surface area contributed by atoms with Crippen LogP contribution >= 0.6 is 0 Å². The molecule has 0 spiro atoms. The van der Waals surface area contributed by atoms with Crippen LogP contribution in [0.2, 0.25) is 0 Å². The number of amides is 2. The average molecular weight is 367 g/mol. The lowest BCUT2D eigenvalue weighted by Gasteiger charge is -2.43. The molecule has 3 heterocycles. The maximum Gasteiger partial charge on any atom is 0.246 e. The third kappa shape index (κ3) is 2.19. The molecule has 1 aromatic carbocycles. The van der Waals surface area contributed by atoms with Crippen LogP contribution < -0.4 is 9.47 Å². The fraction of sp³-hybridized carbons (Fsp3) is 0.550. The minimum absolute atomic E-state index is 0.0191. The highest BCUT2D eigenvalue weighted by Gasteiger charge is 2.60. The lowest BCUT2D eigenvalue weighted by atomic mass is 9.79. The molecule has 7 nitrogen and oxygen atoms in total. The van der Waals surface area contributed by atoms with E-state index in [2.05, 4.69) is 6.07 Å². The zero-order valence-corrected chi connectivity index (χ0v) is 15.3. The van der Waals surface area contributed by atoms with Crippen molar-refractivity contribution >= 4 is 11.8 Å². The van der Waals surface area contributed by atoms with Crippen LogP contribution in [0.1, 0.15) is 44.7 Å². The fourth-order valence-electron chi connectivity index (χ4n) is 4.85. The molecule has 2 amide bonds. The molecule has 0 unspecified atom stereocenters. The molecular weight excluding hydrogens is 346 g/mol. The Morgan fingerprint density at radius 2 is 1.89 bits per heavy atom. The molecule has 1 aliphatic carbocycles. The molecule has 140 valence electrons. The van der Waals surface area contributed by atoms with Crippen molar-refractivity contribution in [2.24, 2.45) is 5.41 Å². The minimum Gasteiger partial charge on any atom is -0.454 e. The van der Waals surface area contributed by atoms with Crippen molar-refractivity contribution < 1.29 is 19.1 Å². The molecule has 0 bridgehead atoms. The van der Waals surface area contributed by atoms with Gasteiger partial charge in [0.05, 0.1) is 17.5 Å². The maximum atomic E-state index is 13.3. The van der Waals surface area contributed by atoms with Crippen molar-refractivity contribution in [2.75, 3.05) is 6.79 Å². The summed E-state index contributed by atoms with van der Waals surface area (Å²) in [6, 6.07) is 6.53. The summed E-state index contributed by atoms with van der Waals surface area (Å²) in [5.41, 5.74) is -0.0396. The molecule has 3 aliphatic heterocycles. The van der Waals surface area contributed by atoms with Gasteiger partial charge in [0.2, 0.25) is 18.6 Å². The van der Waals surface area contributed by atoms with E-state index in [0.29, 0.717) is 17.9 Å². The number of piperazine rings is 1. The number of benzene rings is 1. The van der Waals surface area contributed by atoms with E-state index in [4.69, 9.17) is 9.47 Å². The van der Waals surface area contributed by atoms with Crippen LogP contribution in [0, 0.1) is 16.7 Å². The molecule has 7 heteroatoms. The van der Waals surface area contributed by atoms with Gasteiger partial charge in [-0.3, -0.25) is 9.59 Å². The molecule has 1 aromatic rings. The topological polar surface area (TPSA) is 82.9 Å². The van der Waals surface area contributed by atoms with Crippen LogP contribution in [0.15, 0.2) is 18.2 Å². The number of nitrogens with zero attached hydrogens (tertiary/aromatic N) is 3. The maximum absolute atomic E-state index is 13.3. The van der Waals surface area contributed by atoms with Gasteiger partial charge in [-0.2, -0.15) is 5.26 Å². The summed E-state index contributed by atoms with van der Waals surface area (Å²) in [4.78, 5) is 29.9. The van der Waals surface area contributed by atoms with Gasteiger partial charge in [0.1, 0.15) is 12.1 Å². The Kier molecular flexibility index (Phi) is 3.27. The smallest absolute Gasteiger partial charge is 0.246 e. The zero-order chi connectivity index (χ0) is 18.9. The summed E-state index contributed by atoms with van der Waals surface area (Å²) in [6.45, 7) is 3.80. The predicted octanol–water partition coefficient (Wildman–Crippen LogP) is 1.98. The van der Waals surface area contributed by atoms with Crippen molar-refractivity contribution in [3.8, 4) is 17.6 Å². The Morgan fingerprint density at radius 3 is 2.59 bits per heavy atom. The van der Waals surface area contributed by atoms with Crippen LogP contribution in [0.5, 0.6) is 11.5 Å². The van der Waals surface area contributed by atoms with Crippen molar-refractivity contribution in [1.29, 1.82) is 5.26 Å². The predicted molar refractivity (Wildman–Crippen MR) is 93.6 cm³/mol. The SMILES string of the molecule is C[C@@H]1C(=O)N2[C@@H](c3ccc4c(c3)OCO4)[C@@](C)(C#N)C[C@H]2C(=O)N1C1CC1. The lowest BCUT2D eigenvalue weighted by molar-refractivity contribution is -0.161. The Morgan fingerprint density at radius 1 is 1.15 bits per heavy atom. The number of ether oxygens (including phenoxy) is 2. The van der Waals surface area contributed by atoms with Gasteiger partial charge in [-0.05, 0) is 50.8 Å². The van der Waals surface area contributed by atoms with Crippen molar-refractivity contribution in [2.45, 2.75) is 57.3 Å². The first-order valence-electron chi connectivity index (χ1n) is 9.40. The molecule has 2 saturated heterocycles. The fourth-order valence-corrected chi connectivity index (χ4v) is 4.85. The van der Waals surface area contributed by atoms with Crippen LogP contribution in [-0.4, -0.2) is 46.5 Å². The molecule has 0 N–H and O–H groups in total. The van der Waals surface area contributed by atoms with E-state index in [9.17, 15) is 14.9 Å². The summed E-state index contributed by atoms with van der Waals surface area (Å²) in [5, 5.41) is 9.95. The number of rotatable bonds is 2. The number of fused-ring (bicyclic) bond motifs is 2. The number of carbonyl (C=O) groups is 2. The van der Waals surface area contributed by atoms with Crippen LogP contribution in [0.25, 0.3) is 0 Å². The van der Waals surface area contributed by atoms with Gasteiger partial charge in [-0.25, -0.2) is 0 Å². The third-order valence-corrected chi connectivity index (χ3v) is 6.31. The molecule has 0 aromatic heterocycles. The second-order valence-electron chi connectivity index (χ2n) is 8.16. The monoisotopic (exact) mass is 367 g/mol. The first kappa shape index (κ1) is 16.4. The molecule has 1 saturated carbocycles. The molecule has 4 atom stereocenters. The van der Waals surface area contributed by atoms with Crippen molar-refractivity contribution in [1.82, 2.24) is 9.80 Å². The van der Waals surface area contributed by atoms with Crippen LogP contribution in [0.3, 0.4) is 0 Å². The van der Waals surface area contributed by atoms with E-state index in [0.717, 1.165) is 18.4 Å². The van der Waals surface area contributed by atoms with Gasteiger partial charge < -0.3 is 19.3 Å². The zero-order valence-electron chi connectivity index (χ0n) is 15.3. The van der Waals surface area contributed by atoms with E-state index in [1.54, 1.807) is 22.8 Å². The molecule has 0 radical (unpaired) electrons. The number of nitriles is 1. The summed E-state index contributed by atoms with van der Waals surface area (Å²) < 4.78 is 10.9. The van der Waals surface area contributed by atoms with Crippen molar-refractivity contribution in [3.05, 3.63) is 23.8 Å². The highest BCUT2D eigenvalue weighted by atomic mass is 16.7. The first-order valence-corrected chi connectivity index (χ1v) is 9.40. The third-order valence-electron chi connectivity index (χ3n) is 6.31. The van der Waals surface area contributed by atoms with E-state index >= 15 is 0 Å². The van der Waals surface area contributed by atoms with Gasteiger partial charge in [0, 0.05) is 6.04 Å². The van der Waals surface area contributed by atoms with Gasteiger partial charge in [-0.1, -0.05) is 6.07 Å². The first-order chi connectivity index (χ1) is 12.9. The van der Waals surface area contributed by atoms with E-state index in [-0.39, 0.29) is 24.6 Å². The number of hydrogen-bond acceptors (Lipinski definition) is 5. The molecule has 3 fully saturated rings. The summed E-state index contributed by atoms with van der Waals surface area (Å²) >= 11 is 0. The Bertz CT molecular complexity index is 890. The standard InChI is InChI=1S/C20H21N3O4/c1-11-18(24)23-14(19(25)22(11)13-4-5-13)8-20(2,9-21)17(23)12-3-6-15-16(7-12)27-10-26-15/h3,6-7,11,13-14,17H,4-5,8,10H2,1-2H3/t11-,14+,17+,20-/m1/s1. The van der Waals surface area contributed by atoms with E-state index in [1.165, 1.54) is 0 Å². The van der Waals surface area contributed by atoms with E-state index < -0.39 is 23.5 Å². The second kappa shape index (κ2) is 5.38. The molecular formula is C20H21N3O4. The Balaban J connectivity index is 1.59. The van der Waals surface area contributed by atoms with Crippen molar-refractivity contribution in [3.63, 3.8) is 0 Å². The normalized spacial score (nSPS) is 34.6. The summed E-state index contributed by atoms with van der Waals surface area (Å²) in [5.74, 6) is 1.17. The largest absolute Gasteiger partial charge is 0.454 e.